The fourth-order valence-corrected chi connectivity index (χ4v) is 2.86. The summed E-state index contributed by atoms with van der Waals surface area (Å²) < 4.78 is 22.1. The topological polar surface area (TPSA) is 69.7 Å². The Bertz CT molecular complexity index is 472. The van der Waals surface area contributed by atoms with Gasteiger partial charge < -0.3 is 9.47 Å². The lowest BCUT2D eigenvalue weighted by atomic mass is 10.3. The molecular weight excluding hydrogens is 280 g/mol. The summed E-state index contributed by atoms with van der Waals surface area (Å²) >= 11 is 0. The molecule has 1 rings (SSSR count). The summed E-state index contributed by atoms with van der Waals surface area (Å²) in [6.07, 6.45) is -0.256. The molecule has 0 saturated heterocycles. The predicted octanol–water partition coefficient (Wildman–Crippen LogP) is 1.68. The smallest absolute Gasteiger partial charge is 0.322 e. The third-order valence-electron chi connectivity index (χ3n) is 2.44. The molecule has 2 unspecified atom stereocenters. The van der Waals surface area contributed by atoms with E-state index in [0.717, 1.165) is 0 Å². The first kappa shape index (κ1) is 16.4. The SMILES string of the molecule is CCOC(=O)CC(C(=O)OCC)S(=O)c1ccccc1. The Balaban J connectivity index is 2.89. The fraction of sp³-hybridized carbons (Fsp3) is 0.429. The van der Waals surface area contributed by atoms with Crippen LogP contribution in [0, 0.1) is 0 Å². The summed E-state index contributed by atoms with van der Waals surface area (Å²) in [6, 6.07) is 8.52. The lowest BCUT2D eigenvalue weighted by molar-refractivity contribution is -0.149. The maximum atomic E-state index is 12.4. The second-order valence-corrected chi connectivity index (χ2v) is 5.50. The largest absolute Gasteiger partial charge is 0.466 e. The van der Waals surface area contributed by atoms with Crippen molar-refractivity contribution in [2.75, 3.05) is 13.2 Å². The zero-order valence-electron chi connectivity index (χ0n) is 11.5. The molecule has 0 bridgehead atoms. The predicted molar refractivity (Wildman–Crippen MR) is 74.5 cm³/mol. The van der Waals surface area contributed by atoms with E-state index in [1.54, 1.807) is 44.2 Å². The normalized spacial score (nSPS) is 13.3. The Hall–Kier alpha value is -1.69. The van der Waals surface area contributed by atoms with Crippen LogP contribution >= 0.6 is 0 Å². The number of benzene rings is 1. The first-order valence-corrected chi connectivity index (χ1v) is 7.59. The summed E-state index contributed by atoms with van der Waals surface area (Å²) in [5.41, 5.74) is 0. The molecular formula is C14H18O5S. The van der Waals surface area contributed by atoms with Gasteiger partial charge in [0.2, 0.25) is 0 Å². The van der Waals surface area contributed by atoms with Crippen LogP contribution in [-0.2, 0) is 29.9 Å². The van der Waals surface area contributed by atoms with Crippen molar-refractivity contribution in [3.63, 3.8) is 0 Å². The molecule has 0 aliphatic rings. The average molecular weight is 298 g/mol. The quantitative estimate of drug-likeness (QED) is 0.716. The van der Waals surface area contributed by atoms with Gasteiger partial charge in [-0.15, -0.1) is 0 Å². The molecule has 0 N–H and O–H groups in total. The van der Waals surface area contributed by atoms with E-state index in [0.29, 0.717) is 4.90 Å². The van der Waals surface area contributed by atoms with E-state index in [1.165, 1.54) is 0 Å². The molecule has 0 saturated carbocycles. The molecule has 0 aliphatic heterocycles. The molecule has 0 spiro atoms. The second kappa shape index (κ2) is 8.47. The van der Waals surface area contributed by atoms with E-state index in [-0.39, 0.29) is 19.6 Å². The van der Waals surface area contributed by atoms with Gasteiger partial charge in [0.1, 0.15) is 5.25 Å². The van der Waals surface area contributed by atoms with Crippen LogP contribution in [-0.4, -0.2) is 34.6 Å². The van der Waals surface area contributed by atoms with Gasteiger partial charge in [-0.3, -0.25) is 13.8 Å². The summed E-state index contributed by atoms with van der Waals surface area (Å²) in [6.45, 7) is 3.71. The number of rotatable bonds is 7. The van der Waals surface area contributed by atoms with Crippen LogP contribution in [0.4, 0.5) is 0 Å². The Labute approximate surface area is 120 Å². The van der Waals surface area contributed by atoms with Crippen LogP contribution in [0.3, 0.4) is 0 Å². The van der Waals surface area contributed by atoms with Crippen LogP contribution in [0.25, 0.3) is 0 Å². The van der Waals surface area contributed by atoms with Gasteiger partial charge in [0.05, 0.1) is 30.4 Å². The fourth-order valence-electron chi connectivity index (χ4n) is 1.57. The molecule has 1 aromatic rings. The van der Waals surface area contributed by atoms with Gasteiger partial charge in [0.25, 0.3) is 0 Å². The Morgan fingerprint density at radius 1 is 1.10 bits per heavy atom. The van der Waals surface area contributed by atoms with E-state index in [9.17, 15) is 13.8 Å². The molecule has 1 aromatic carbocycles. The molecule has 2 atom stereocenters. The van der Waals surface area contributed by atoms with Crippen molar-refractivity contribution in [2.24, 2.45) is 0 Å². The molecule has 0 aliphatic carbocycles. The van der Waals surface area contributed by atoms with Crippen LogP contribution < -0.4 is 0 Å². The molecule has 0 radical (unpaired) electrons. The lowest BCUT2D eigenvalue weighted by Crippen LogP contribution is -2.31. The van der Waals surface area contributed by atoms with Crippen LogP contribution in [0.5, 0.6) is 0 Å². The van der Waals surface area contributed by atoms with Gasteiger partial charge >= 0.3 is 11.9 Å². The highest BCUT2D eigenvalue weighted by molar-refractivity contribution is 7.86. The van der Waals surface area contributed by atoms with Gasteiger partial charge in [0, 0.05) is 4.90 Å². The number of carbonyl (C=O) groups is 2. The number of hydrogen-bond acceptors (Lipinski definition) is 5. The van der Waals surface area contributed by atoms with Crippen molar-refractivity contribution in [3.8, 4) is 0 Å². The lowest BCUT2D eigenvalue weighted by Gasteiger charge is -2.14. The van der Waals surface area contributed by atoms with Crippen molar-refractivity contribution in [1.82, 2.24) is 0 Å². The minimum atomic E-state index is -1.65. The molecule has 0 heterocycles. The first-order chi connectivity index (χ1) is 9.60. The Kier molecular flexibility index (Phi) is 6.93. The van der Waals surface area contributed by atoms with E-state index >= 15 is 0 Å². The molecule has 0 aromatic heterocycles. The van der Waals surface area contributed by atoms with Gasteiger partial charge in [-0.1, -0.05) is 18.2 Å². The van der Waals surface area contributed by atoms with E-state index < -0.39 is 28.0 Å². The highest BCUT2D eigenvalue weighted by Gasteiger charge is 2.30. The van der Waals surface area contributed by atoms with Gasteiger partial charge in [-0.25, -0.2) is 0 Å². The monoisotopic (exact) mass is 298 g/mol. The zero-order valence-corrected chi connectivity index (χ0v) is 12.4. The number of carbonyl (C=O) groups excluding carboxylic acids is 2. The third-order valence-corrected chi connectivity index (χ3v) is 4.05. The van der Waals surface area contributed by atoms with Crippen LogP contribution in [0.15, 0.2) is 35.2 Å². The number of esters is 2. The Morgan fingerprint density at radius 3 is 2.25 bits per heavy atom. The Morgan fingerprint density at radius 2 is 1.70 bits per heavy atom. The summed E-state index contributed by atoms with van der Waals surface area (Å²) in [7, 11) is -1.65. The zero-order chi connectivity index (χ0) is 15.0. The maximum Gasteiger partial charge on any atom is 0.322 e. The second-order valence-electron chi connectivity index (χ2n) is 3.86. The standard InChI is InChI=1S/C14H18O5S/c1-3-18-13(15)10-12(14(16)19-4-2)20(17)11-8-6-5-7-9-11/h5-9,12H,3-4,10H2,1-2H3. The molecule has 110 valence electrons. The third kappa shape index (κ3) is 4.77. The number of hydrogen-bond donors (Lipinski definition) is 0. The first-order valence-electron chi connectivity index (χ1n) is 6.38. The van der Waals surface area contributed by atoms with Crippen LogP contribution in [0.2, 0.25) is 0 Å². The highest BCUT2D eigenvalue weighted by atomic mass is 32.2. The molecule has 0 amide bonds. The number of ether oxygens (including phenoxy) is 2. The van der Waals surface area contributed by atoms with Crippen molar-refractivity contribution in [3.05, 3.63) is 30.3 Å². The molecule has 0 fully saturated rings. The summed E-state index contributed by atoms with van der Waals surface area (Å²) in [5, 5.41) is -1.05. The maximum absolute atomic E-state index is 12.4. The van der Waals surface area contributed by atoms with Crippen LogP contribution in [0.1, 0.15) is 20.3 Å². The minimum absolute atomic E-state index is 0.171. The van der Waals surface area contributed by atoms with Crippen molar-refractivity contribution >= 4 is 22.7 Å². The van der Waals surface area contributed by atoms with E-state index in [4.69, 9.17) is 9.47 Å². The van der Waals surface area contributed by atoms with Crippen molar-refractivity contribution in [2.45, 2.75) is 30.4 Å². The summed E-state index contributed by atoms with van der Waals surface area (Å²) in [5.74, 6) is -1.21. The molecule has 5 nitrogen and oxygen atoms in total. The minimum Gasteiger partial charge on any atom is -0.466 e. The molecule has 6 heteroatoms. The average Bonchev–Trinajstić information content (AvgIpc) is 2.45. The van der Waals surface area contributed by atoms with E-state index in [2.05, 4.69) is 0 Å². The van der Waals surface area contributed by atoms with Crippen molar-refractivity contribution < 1.29 is 23.3 Å². The van der Waals surface area contributed by atoms with Gasteiger partial charge in [0.15, 0.2) is 0 Å². The van der Waals surface area contributed by atoms with E-state index in [1.807, 2.05) is 0 Å². The van der Waals surface area contributed by atoms with Gasteiger partial charge in [-0.05, 0) is 26.0 Å². The highest BCUT2D eigenvalue weighted by Crippen LogP contribution is 2.16. The summed E-state index contributed by atoms with van der Waals surface area (Å²) in [4.78, 5) is 23.9. The van der Waals surface area contributed by atoms with Gasteiger partial charge in [-0.2, -0.15) is 0 Å². The van der Waals surface area contributed by atoms with Crippen molar-refractivity contribution in [1.29, 1.82) is 0 Å². The molecule has 20 heavy (non-hydrogen) atoms.